The Morgan fingerprint density at radius 2 is 1.87 bits per heavy atom. The molecule has 1 aromatic carbocycles. The molecular formula is C21H21F3N4O2S. The second-order valence-corrected chi connectivity index (χ2v) is 8.13. The number of aryl methyl sites for hydroxylation is 1. The van der Waals surface area contributed by atoms with Crippen LogP contribution in [0.25, 0.3) is 11.3 Å². The third-order valence-electron chi connectivity index (χ3n) is 4.71. The molecule has 1 unspecified atom stereocenters. The van der Waals surface area contributed by atoms with E-state index in [2.05, 4.69) is 15.3 Å². The van der Waals surface area contributed by atoms with Crippen molar-refractivity contribution >= 4 is 16.5 Å². The smallest absolute Gasteiger partial charge is 0.388 e. The van der Waals surface area contributed by atoms with Crippen molar-refractivity contribution in [3.05, 3.63) is 69.8 Å². The summed E-state index contributed by atoms with van der Waals surface area (Å²) in [4.78, 5) is 19.7. The number of aromatic nitrogens is 3. The van der Waals surface area contributed by atoms with Gasteiger partial charge in [-0.25, -0.2) is 9.97 Å². The lowest BCUT2D eigenvalue weighted by atomic mass is 10.1. The van der Waals surface area contributed by atoms with E-state index >= 15 is 0 Å². The van der Waals surface area contributed by atoms with Crippen molar-refractivity contribution in [3.63, 3.8) is 0 Å². The van der Waals surface area contributed by atoms with E-state index in [1.165, 1.54) is 29.2 Å². The topological polar surface area (TPSA) is 76.9 Å². The van der Waals surface area contributed by atoms with Crippen LogP contribution in [0.2, 0.25) is 0 Å². The molecule has 2 heterocycles. The number of rotatable bonds is 6. The summed E-state index contributed by atoms with van der Waals surface area (Å²) in [6, 6.07) is 9.25. The second-order valence-electron chi connectivity index (χ2n) is 6.85. The molecule has 164 valence electrons. The van der Waals surface area contributed by atoms with Gasteiger partial charge in [0.1, 0.15) is 5.69 Å². The average molecular weight is 450 g/mol. The van der Waals surface area contributed by atoms with Crippen LogP contribution in [-0.2, 0) is 29.9 Å². The van der Waals surface area contributed by atoms with Crippen LogP contribution in [0.4, 0.5) is 18.9 Å². The highest BCUT2D eigenvalue weighted by atomic mass is 32.2. The summed E-state index contributed by atoms with van der Waals surface area (Å²) in [7, 11) is 0.0269. The minimum atomic E-state index is -4.72. The number of pyridine rings is 1. The van der Waals surface area contributed by atoms with Gasteiger partial charge in [0.2, 0.25) is 5.16 Å². The zero-order valence-electron chi connectivity index (χ0n) is 17.2. The lowest BCUT2D eigenvalue weighted by Gasteiger charge is -2.13. The van der Waals surface area contributed by atoms with Gasteiger partial charge < -0.3 is 9.88 Å². The first-order valence-corrected chi connectivity index (χ1v) is 11.0. The van der Waals surface area contributed by atoms with Crippen molar-refractivity contribution in [1.82, 2.24) is 14.5 Å². The van der Waals surface area contributed by atoms with Gasteiger partial charge in [-0.3, -0.25) is 9.00 Å². The highest BCUT2D eigenvalue weighted by Crippen LogP contribution is 2.30. The molecule has 3 rings (SSSR count). The number of anilines is 1. The zero-order valence-corrected chi connectivity index (χ0v) is 18.0. The Labute approximate surface area is 179 Å². The molecular weight excluding hydrogens is 429 g/mol. The Bertz CT molecular complexity index is 1190. The largest absolute Gasteiger partial charge is 0.433 e. The van der Waals surface area contributed by atoms with Crippen LogP contribution in [-0.4, -0.2) is 32.0 Å². The fourth-order valence-corrected chi connectivity index (χ4v) is 3.59. The van der Waals surface area contributed by atoms with E-state index in [0.717, 1.165) is 29.3 Å². The fraction of sp³-hybridized carbons (Fsp3) is 0.286. The van der Waals surface area contributed by atoms with Gasteiger partial charge in [0.25, 0.3) is 5.56 Å². The number of hydrogen-bond donors (Lipinski definition) is 1. The predicted molar refractivity (Wildman–Crippen MR) is 114 cm³/mol. The molecule has 0 spiro atoms. The zero-order chi connectivity index (χ0) is 22.8. The molecule has 1 atom stereocenters. The van der Waals surface area contributed by atoms with E-state index in [1.54, 1.807) is 0 Å². The Kier molecular flexibility index (Phi) is 6.59. The van der Waals surface area contributed by atoms with Crippen LogP contribution in [0.1, 0.15) is 23.7 Å². The minimum Gasteiger partial charge on any atom is -0.388 e. The second kappa shape index (κ2) is 9.01. The van der Waals surface area contributed by atoms with Crippen molar-refractivity contribution < 1.29 is 17.4 Å². The van der Waals surface area contributed by atoms with E-state index < -0.39 is 27.8 Å². The van der Waals surface area contributed by atoms with Crippen LogP contribution >= 0.6 is 0 Å². The SMILES string of the molecule is CCc1cc(Cn2cc(-c3cc(C(F)(F)F)nc(S(C)=O)n3)ccc2=O)ccc1NC. The number of alkyl halides is 3. The highest BCUT2D eigenvalue weighted by molar-refractivity contribution is 7.84. The first-order valence-electron chi connectivity index (χ1n) is 9.42. The van der Waals surface area contributed by atoms with Crippen LogP contribution < -0.4 is 10.9 Å². The van der Waals surface area contributed by atoms with Crippen molar-refractivity contribution in [2.24, 2.45) is 0 Å². The third-order valence-corrected chi connectivity index (χ3v) is 5.40. The summed E-state index contributed by atoms with van der Waals surface area (Å²) < 4.78 is 52.9. The van der Waals surface area contributed by atoms with Crippen LogP contribution in [0, 0.1) is 0 Å². The van der Waals surface area contributed by atoms with E-state index in [1.807, 2.05) is 32.2 Å². The fourth-order valence-electron chi connectivity index (χ4n) is 3.13. The first kappa shape index (κ1) is 22.7. The maximum atomic E-state index is 13.2. The van der Waals surface area contributed by atoms with Gasteiger partial charge in [-0.05, 0) is 35.7 Å². The van der Waals surface area contributed by atoms with Crippen LogP contribution in [0.15, 0.2) is 52.5 Å². The standard InChI is InChI=1S/C21H21F3N4O2S/c1-4-14-9-13(5-7-16(14)25-2)11-28-12-15(6-8-19(28)29)17-10-18(21(22,23)24)27-20(26-17)31(3)30/h5-10,12,25H,4,11H2,1-3H3. The highest BCUT2D eigenvalue weighted by Gasteiger charge is 2.34. The Hall–Kier alpha value is -3.01. The van der Waals surface area contributed by atoms with Gasteiger partial charge in [0.15, 0.2) is 0 Å². The molecule has 2 aromatic heterocycles. The molecule has 0 fully saturated rings. The minimum absolute atomic E-state index is 0.0546. The number of nitrogens with one attached hydrogen (secondary N) is 1. The molecule has 0 radical (unpaired) electrons. The maximum Gasteiger partial charge on any atom is 0.433 e. The van der Waals surface area contributed by atoms with Crippen molar-refractivity contribution in [3.8, 4) is 11.3 Å². The molecule has 0 aliphatic carbocycles. The van der Waals surface area contributed by atoms with E-state index in [4.69, 9.17) is 0 Å². The first-order chi connectivity index (χ1) is 14.6. The predicted octanol–water partition coefficient (Wildman–Crippen LogP) is 3.71. The number of benzene rings is 1. The van der Waals surface area contributed by atoms with Crippen molar-refractivity contribution in [2.75, 3.05) is 18.6 Å². The molecule has 6 nitrogen and oxygen atoms in total. The van der Waals surface area contributed by atoms with Gasteiger partial charge in [-0.2, -0.15) is 13.2 Å². The molecule has 0 amide bonds. The van der Waals surface area contributed by atoms with E-state index in [-0.39, 0.29) is 17.8 Å². The molecule has 0 aliphatic rings. The Balaban J connectivity index is 2.05. The maximum absolute atomic E-state index is 13.2. The molecule has 1 N–H and O–H groups in total. The summed E-state index contributed by atoms with van der Waals surface area (Å²) in [6.45, 7) is 2.27. The lowest BCUT2D eigenvalue weighted by Crippen LogP contribution is -2.19. The third kappa shape index (κ3) is 5.19. The van der Waals surface area contributed by atoms with Gasteiger partial charge in [-0.1, -0.05) is 19.1 Å². The van der Waals surface area contributed by atoms with Crippen LogP contribution in [0.5, 0.6) is 0 Å². The molecule has 0 saturated carbocycles. The molecule has 0 bridgehead atoms. The number of hydrogen-bond acceptors (Lipinski definition) is 5. The normalized spacial score (nSPS) is 12.6. The molecule has 10 heteroatoms. The van der Waals surface area contributed by atoms with Crippen molar-refractivity contribution in [1.29, 1.82) is 0 Å². The van der Waals surface area contributed by atoms with Gasteiger partial charge in [0.05, 0.1) is 23.0 Å². The van der Waals surface area contributed by atoms with Gasteiger partial charge >= 0.3 is 6.18 Å². The lowest BCUT2D eigenvalue weighted by molar-refractivity contribution is -0.141. The summed E-state index contributed by atoms with van der Waals surface area (Å²) in [5.41, 5.74) is 1.71. The average Bonchev–Trinajstić information content (AvgIpc) is 2.74. The number of nitrogens with zero attached hydrogens (tertiary/aromatic N) is 3. The summed E-state index contributed by atoms with van der Waals surface area (Å²) >= 11 is 0. The monoisotopic (exact) mass is 450 g/mol. The van der Waals surface area contributed by atoms with E-state index in [9.17, 15) is 22.2 Å². The Morgan fingerprint density at radius 1 is 1.13 bits per heavy atom. The summed E-state index contributed by atoms with van der Waals surface area (Å²) in [6.07, 6.45) is -1.26. The Morgan fingerprint density at radius 3 is 2.48 bits per heavy atom. The van der Waals surface area contributed by atoms with Gasteiger partial charge in [-0.15, -0.1) is 0 Å². The van der Waals surface area contributed by atoms with Gasteiger partial charge in [0, 0.05) is 36.8 Å². The molecule has 0 saturated heterocycles. The van der Waals surface area contributed by atoms with Crippen LogP contribution in [0.3, 0.4) is 0 Å². The number of halogens is 3. The molecule has 0 aliphatic heterocycles. The molecule has 3 aromatic rings. The quantitative estimate of drug-likeness (QED) is 0.580. The van der Waals surface area contributed by atoms with Crippen molar-refractivity contribution in [2.45, 2.75) is 31.2 Å². The summed E-state index contributed by atoms with van der Waals surface area (Å²) in [5.74, 6) is 0. The molecule has 31 heavy (non-hydrogen) atoms. The van der Waals surface area contributed by atoms with E-state index in [0.29, 0.717) is 5.56 Å². The summed E-state index contributed by atoms with van der Waals surface area (Å²) in [5, 5.41) is 2.69.